The number of carbonyl (C=O) groups is 1. The van der Waals surface area contributed by atoms with Crippen LogP contribution in [0.3, 0.4) is 0 Å². The number of benzene rings is 1. The fraction of sp³-hybridized carbons (Fsp3) is 0.286. The van der Waals surface area contributed by atoms with Gasteiger partial charge in [-0.1, -0.05) is 39.3 Å². The topological polar surface area (TPSA) is 58.4 Å². The van der Waals surface area contributed by atoms with Gasteiger partial charge in [0.1, 0.15) is 5.76 Å². The molecule has 1 aromatic heterocycles. The zero-order valence-electron chi connectivity index (χ0n) is 11.4. The SMILES string of the molecule is Cc1cc(NC(=O)CN(C)Cc2ccccc2Br)no1. The molecule has 0 bridgehead atoms. The Kier molecular flexibility index (Phi) is 4.92. The van der Waals surface area contributed by atoms with Crippen molar-refractivity contribution in [1.29, 1.82) is 0 Å². The largest absolute Gasteiger partial charge is 0.360 e. The van der Waals surface area contributed by atoms with Crippen LogP contribution in [0.4, 0.5) is 5.82 Å². The number of nitrogens with zero attached hydrogens (tertiary/aromatic N) is 2. The van der Waals surface area contributed by atoms with Crippen molar-refractivity contribution >= 4 is 27.7 Å². The number of carbonyl (C=O) groups excluding carboxylic acids is 1. The molecule has 0 saturated heterocycles. The van der Waals surface area contributed by atoms with Gasteiger partial charge in [-0.25, -0.2) is 0 Å². The van der Waals surface area contributed by atoms with Gasteiger partial charge in [0.25, 0.3) is 0 Å². The van der Waals surface area contributed by atoms with Gasteiger partial charge in [0, 0.05) is 17.1 Å². The molecule has 0 saturated carbocycles. The van der Waals surface area contributed by atoms with Crippen LogP contribution in [-0.2, 0) is 11.3 Å². The normalized spacial score (nSPS) is 10.8. The number of rotatable bonds is 5. The van der Waals surface area contributed by atoms with Gasteiger partial charge in [0.05, 0.1) is 6.54 Å². The summed E-state index contributed by atoms with van der Waals surface area (Å²) in [5.74, 6) is 0.997. The maximum absolute atomic E-state index is 11.9. The van der Waals surface area contributed by atoms with E-state index in [4.69, 9.17) is 4.52 Å². The fourth-order valence-electron chi connectivity index (χ4n) is 1.83. The number of likely N-dealkylation sites (N-methyl/N-ethyl adjacent to an activating group) is 1. The molecule has 5 nitrogen and oxygen atoms in total. The molecule has 0 fully saturated rings. The Hall–Kier alpha value is -1.66. The van der Waals surface area contributed by atoms with E-state index in [1.807, 2.05) is 36.2 Å². The monoisotopic (exact) mass is 337 g/mol. The molecule has 0 spiro atoms. The summed E-state index contributed by atoms with van der Waals surface area (Å²) in [6.07, 6.45) is 0. The van der Waals surface area contributed by atoms with E-state index in [-0.39, 0.29) is 12.5 Å². The minimum atomic E-state index is -0.118. The molecule has 20 heavy (non-hydrogen) atoms. The predicted octanol–water partition coefficient (Wildman–Crippen LogP) is 2.82. The van der Waals surface area contributed by atoms with E-state index >= 15 is 0 Å². The highest BCUT2D eigenvalue weighted by Gasteiger charge is 2.10. The van der Waals surface area contributed by atoms with Gasteiger partial charge in [0.2, 0.25) is 5.91 Å². The van der Waals surface area contributed by atoms with Gasteiger partial charge >= 0.3 is 0 Å². The summed E-state index contributed by atoms with van der Waals surface area (Å²) in [6, 6.07) is 9.64. The second kappa shape index (κ2) is 6.67. The van der Waals surface area contributed by atoms with E-state index < -0.39 is 0 Å². The summed E-state index contributed by atoms with van der Waals surface area (Å²) in [5.41, 5.74) is 1.14. The van der Waals surface area contributed by atoms with Crippen molar-refractivity contribution in [2.45, 2.75) is 13.5 Å². The average Bonchev–Trinajstić information content (AvgIpc) is 2.77. The van der Waals surface area contributed by atoms with E-state index in [9.17, 15) is 4.79 Å². The molecule has 0 unspecified atom stereocenters. The van der Waals surface area contributed by atoms with E-state index in [1.165, 1.54) is 0 Å². The number of hydrogen-bond acceptors (Lipinski definition) is 4. The minimum absolute atomic E-state index is 0.118. The second-order valence-electron chi connectivity index (χ2n) is 4.63. The Morgan fingerprint density at radius 1 is 1.45 bits per heavy atom. The van der Waals surface area contributed by atoms with Crippen LogP contribution in [0.5, 0.6) is 0 Å². The molecule has 2 rings (SSSR count). The number of amides is 1. The van der Waals surface area contributed by atoms with E-state index in [1.54, 1.807) is 13.0 Å². The van der Waals surface area contributed by atoms with Gasteiger partial charge < -0.3 is 9.84 Å². The van der Waals surface area contributed by atoms with Crippen molar-refractivity contribution in [2.75, 3.05) is 18.9 Å². The molecule has 1 N–H and O–H groups in total. The van der Waals surface area contributed by atoms with Crippen molar-refractivity contribution in [3.8, 4) is 0 Å². The highest BCUT2D eigenvalue weighted by Crippen LogP contribution is 2.17. The van der Waals surface area contributed by atoms with E-state index in [0.717, 1.165) is 10.0 Å². The number of aromatic nitrogens is 1. The lowest BCUT2D eigenvalue weighted by atomic mass is 10.2. The van der Waals surface area contributed by atoms with Crippen molar-refractivity contribution < 1.29 is 9.32 Å². The zero-order chi connectivity index (χ0) is 14.5. The fourth-order valence-corrected chi connectivity index (χ4v) is 2.24. The maximum Gasteiger partial charge on any atom is 0.239 e. The molecule has 0 radical (unpaired) electrons. The Bertz CT molecular complexity index is 598. The minimum Gasteiger partial charge on any atom is -0.360 e. The van der Waals surface area contributed by atoms with Crippen LogP contribution in [0.25, 0.3) is 0 Å². The first-order valence-electron chi connectivity index (χ1n) is 6.19. The van der Waals surface area contributed by atoms with E-state index in [2.05, 4.69) is 26.4 Å². The molecule has 0 aliphatic carbocycles. The molecular formula is C14H16BrN3O2. The van der Waals surface area contributed by atoms with Crippen LogP contribution in [0.2, 0.25) is 0 Å². The maximum atomic E-state index is 11.9. The van der Waals surface area contributed by atoms with Crippen molar-refractivity contribution in [1.82, 2.24) is 10.1 Å². The lowest BCUT2D eigenvalue weighted by Gasteiger charge is -2.16. The Balaban J connectivity index is 1.86. The third kappa shape index (κ3) is 4.18. The number of halogens is 1. The standard InChI is InChI=1S/C14H16BrN3O2/c1-10-7-13(17-20-10)16-14(19)9-18(2)8-11-5-3-4-6-12(11)15/h3-7H,8-9H2,1-2H3,(H,16,17,19). The first-order valence-corrected chi connectivity index (χ1v) is 6.99. The highest BCUT2D eigenvalue weighted by atomic mass is 79.9. The number of anilines is 1. The van der Waals surface area contributed by atoms with E-state index in [0.29, 0.717) is 18.1 Å². The van der Waals surface area contributed by atoms with Crippen LogP contribution >= 0.6 is 15.9 Å². The van der Waals surface area contributed by atoms with Gasteiger partial charge in [-0.15, -0.1) is 0 Å². The quantitative estimate of drug-likeness (QED) is 0.911. The Morgan fingerprint density at radius 2 is 2.20 bits per heavy atom. The molecule has 106 valence electrons. The summed E-state index contributed by atoms with van der Waals surface area (Å²) in [5, 5.41) is 6.43. The number of aryl methyl sites for hydroxylation is 1. The first-order chi connectivity index (χ1) is 9.54. The third-order valence-electron chi connectivity index (χ3n) is 2.71. The number of hydrogen-bond donors (Lipinski definition) is 1. The Labute approximate surface area is 126 Å². The summed E-state index contributed by atoms with van der Waals surface area (Å²) in [7, 11) is 1.90. The smallest absolute Gasteiger partial charge is 0.239 e. The second-order valence-corrected chi connectivity index (χ2v) is 5.49. The van der Waals surface area contributed by atoms with Crippen LogP contribution in [-0.4, -0.2) is 29.6 Å². The first kappa shape index (κ1) is 14.7. The van der Waals surface area contributed by atoms with Crippen molar-refractivity contribution in [2.24, 2.45) is 0 Å². The van der Waals surface area contributed by atoms with Gasteiger partial charge in [-0.3, -0.25) is 9.69 Å². The van der Waals surface area contributed by atoms with Gasteiger partial charge in [-0.2, -0.15) is 0 Å². The van der Waals surface area contributed by atoms with Crippen LogP contribution in [0.1, 0.15) is 11.3 Å². The summed E-state index contributed by atoms with van der Waals surface area (Å²) in [4.78, 5) is 13.8. The number of nitrogens with one attached hydrogen (secondary N) is 1. The average molecular weight is 338 g/mol. The van der Waals surface area contributed by atoms with Crippen LogP contribution in [0.15, 0.2) is 39.3 Å². The molecule has 0 aliphatic heterocycles. The van der Waals surface area contributed by atoms with Gasteiger partial charge in [-0.05, 0) is 25.6 Å². The summed E-state index contributed by atoms with van der Waals surface area (Å²) in [6.45, 7) is 2.75. The molecule has 1 aromatic carbocycles. The van der Waals surface area contributed by atoms with Crippen molar-refractivity contribution in [3.63, 3.8) is 0 Å². The Morgan fingerprint density at radius 3 is 2.85 bits per heavy atom. The molecule has 6 heteroatoms. The molecule has 0 atom stereocenters. The molecule has 0 aliphatic rings. The zero-order valence-corrected chi connectivity index (χ0v) is 13.0. The third-order valence-corrected chi connectivity index (χ3v) is 3.48. The summed E-state index contributed by atoms with van der Waals surface area (Å²) < 4.78 is 5.94. The lowest BCUT2D eigenvalue weighted by Crippen LogP contribution is -2.30. The summed E-state index contributed by atoms with van der Waals surface area (Å²) >= 11 is 3.50. The molecule has 1 amide bonds. The predicted molar refractivity (Wildman–Crippen MR) is 80.3 cm³/mol. The molecule has 2 aromatic rings. The van der Waals surface area contributed by atoms with Crippen LogP contribution in [0, 0.1) is 6.92 Å². The molecule has 1 heterocycles. The highest BCUT2D eigenvalue weighted by molar-refractivity contribution is 9.10. The van der Waals surface area contributed by atoms with Crippen molar-refractivity contribution in [3.05, 3.63) is 46.1 Å². The van der Waals surface area contributed by atoms with Crippen LogP contribution < -0.4 is 5.32 Å². The molecular weight excluding hydrogens is 322 g/mol. The lowest BCUT2D eigenvalue weighted by molar-refractivity contribution is -0.117. The van der Waals surface area contributed by atoms with Gasteiger partial charge in [0.15, 0.2) is 5.82 Å².